The van der Waals surface area contributed by atoms with Crippen LogP contribution in [-0.2, 0) is 10.0 Å². The Morgan fingerprint density at radius 3 is 2.42 bits per heavy atom. The van der Waals surface area contributed by atoms with Crippen LogP contribution in [0.4, 0.5) is 15.8 Å². The molecule has 0 aromatic heterocycles. The molecule has 0 heterocycles. The number of sulfonamides is 1. The molecule has 7 heteroatoms. The zero-order valence-electron chi connectivity index (χ0n) is 14.5. The molecule has 0 radical (unpaired) electrons. The summed E-state index contributed by atoms with van der Waals surface area (Å²) in [6.45, 7) is 0. The maximum atomic E-state index is 13.0. The summed E-state index contributed by atoms with van der Waals surface area (Å²) in [4.78, 5) is 12.4. The molecule has 2 aromatic carbocycles. The number of anilines is 2. The molecule has 5 nitrogen and oxygen atoms in total. The van der Waals surface area contributed by atoms with E-state index in [0.717, 1.165) is 12.8 Å². The Morgan fingerprint density at radius 2 is 1.77 bits per heavy atom. The average molecular weight is 376 g/mol. The zero-order chi connectivity index (χ0) is 18.7. The zero-order valence-corrected chi connectivity index (χ0v) is 15.3. The number of rotatable bonds is 5. The summed E-state index contributed by atoms with van der Waals surface area (Å²) in [5.74, 6) is -0.770. The van der Waals surface area contributed by atoms with Crippen molar-refractivity contribution in [2.24, 2.45) is 0 Å². The Bertz CT molecular complexity index is 891. The summed E-state index contributed by atoms with van der Waals surface area (Å²) in [6, 6.07) is 11.9. The summed E-state index contributed by atoms with van der Waals surface area (Å²) in [7, 11) is -1.92. The second-order valence-corrected chi connectivity index (χ2v) is 8.67. The van der Waals surface area contributed by atoms with Gasteiger partial charge in [0.15, 0.2) is 0 Å². The number of halogens is 1. The topological polar surface area (TPSA) is 66.5 Å². The van der Waals surface area contributed by atoms with Crippen LogP contribution in [0.5, 0.6) is 0 Å². The first-order valence-corrected chi connectivity index (χ1v) is 10.0. The van der Waals surface area contributed by atoms with Crippen molar-refractivity contribution in [3.05, 3.63) is 59.9 Å². The van der Waals surface area contributed by atoms with Gasteiger partial charge in [-0.05, 0) is 55.3 Å². The fourth-order valence-electron chi connectivity index (χ4n) is 3.14. The van der Waals surface area contributed by atoms with Crippen molar-refractivity contribution in [1.82, 2.24) is 0 Å². The first-order chi connectivity index (χ1) is 12.4. The predicted octanol–water partition coefficient (Wildman–Crippen LogP) is 3.79. The SMILES string of the molecule is CN(c1cccc(C(=O)Nc2ccc(F)cc2)c1)S(=O)(=O)C1CCCC1. The normalized spacial score (nSPS) is 15.0. The van der Waals surface area contributed by atoms with E-state index < -0.39 is 10.0 Å². The van der Waals surface area contributed by atoms with Gasteiger partial charge in [0.05, 0.1) is 10.9 Å². The second kappa shape index (κ2) is 7.45. The van der Waals surface area contributed by atoms with Crippen LogP contribution in [0.2, 0.25) is 0 Å². The summed E-state index contributed by atoms with van der Waals surface area (Å²) < 4.78 is 39.7. The summed E-state index contributed by atoms with van der Waals surface area (Å²) in [6.07, 6.45) is 3.21. The van der Waals surface area contributed by atoms with E-state index >= 15 is 0 Å². The second-order valence-electron chi connectivity index (χ2n) is 6.43. The van der Waals surface area contributed by atoms with Crippen LogP contribution >= 0.6 is 0 Å². The third kappa shape index (κ3) is 3.88. The Balaban J connectivity index is 1.79. The van der Waals surface area contributed by atoms with Crippen LogP contribution in [0.3, 0.4) is 0 Å². The fraction of sp³-hybridized carbons (Fsp3) is 0.316. The summed E-state index contributed by atoms with van der Waals surface area (Å²) in [5.41, 5.74) is 1.25. The quantitative estimate of drug-likeness (QED) is 0.863. The molecule has 1 aliphatic rings. The highest BCUT2D eigenvalue weighted by Gasteiger charge is 2.32. The van der Waals surface area contributed by atoms with Crippen molar-refractivity contribution in [1.29, 1.82) is 0 Å². The molecule has 1 aliphatic carbocycles. The lowest BCUT2D eigenvalue weighted by Crippen LogP contribution is -2.34. The number of carbonyl (C=O) groups excluding carboxylic acids is 1. The van der Waals surface area contributed by atoms with E-state index in [2.05, 4.69) is 5.32 Å². The van der Waals surface area contributed by atoms with Gasteiger partial charge in [0.1, 0.15) is 5.82 Å². The standard InChI is InChI=1S/C19H21FN2O3S/c1-22(26(24,25)18-7-2-3-8-18)17-6-4-5-14(13-17)19(23)21-16-11-9-15(20)10-12-16/h4-6,9-13,18H,2-3,7-8H2,1H3,(H,21,23). The van der Waals surface area contributed by atoms with Crippen LogP contribution < -0.4 is 9.62 Å². The van der Waals surface area contributed by atoms with Crippen molar-refractivity contribution in [3.63, 3.8) is 0 Å². The first kappa shape index (κ1) is 18.4. The minimum absolute atomic E-state index is 0.334. The number of hydrogen-bond donors (Lipinski definition) is 1. The number of hydrogen-bond acceptors (Lipinski definition) is 3. The smallest absolute Gasteiger partial charge is 0.255 e. The minimum atomic E-state index is -3.44. The Labute approximate surface area is 152 Å². The van der Waals surface area contributed by atoms with E-state index in [9.17, 15) is 17.6 Å². The minimum Gasteiger partial charge on any atom is -0.322 e. The number of nitrogens with one attached hydrogen (secondary N) is 1. The molecule has 0 spiro atoms. The Hall–Kier alpha value is -2.41. The van der Waals surface area contributed by atoms with Gasteiger partial charge >= 0.3 is 0 Å². The van der Waals surface area contributed by atoms with E-state index in [4.69, 9.17) is 0 Å². The lowest BCUT2D eigenvalue weighted by Gasteiger charge is -2.23. The van der Waals surface area contributed by atoms with E-state index in [-0.39, 0.29) is 17.0 Å². The van der Waals surface area contributed by atoms with E-state index in [1.807, 2.05) is 0 Å². The molecular formula is C19H21FN2O3S. The van der Waals surface area contributed by atoms with Gasteiger partial charge in [0.2, 0.25) is 10.0 Å². The van der Waals surface area contributed by atoms with Gasteiger partial charge in [-0.15, -0.1) is 0 Å². The Morgan fingerprint density at radius 1 is 1.12 bits per heavy atom. The predicted molar refractivity (Wildman–Crippen MR) is 100 cm³/mol. The molecule has 0 saturated heterocycles. The maximum Gasteiger partial charge on any atom is 0.255 e. The molecular weight excluding hydrogens is 355 g/mol. The van der Waals surface area contributed by atoms with Crippen LogP contribution in [0.25, 0.3) is 0 Å². The van der Waals surface area contributed by atoms with Crippen molar-refractivity contribution in [3.8, 4) is 0 Å². The molecule has 0 bridgehead atoms. The molecule has 0 aliphatic heterocycles. The van der Waals surface area contributed by atoms with Crippen molar-refractivity contribution in [2.75, 3.05) is 16.7 Å². The maximum absolute atomic E-state index is 13.0. The Kier molecular flexibility index (Phi) is 5.27. The van der Waals surface area contributed by atoms with Gasteiger partial charge in [-0.1, -0.05) is 18.9 Å². The van der Waals surface area contributed by atoms with Crippen LogP contribution in [0.15, 0.2) is 48.5 Å². The number of carbonyl (C=O) groups is 1. The molecule has 138 valence electrons. The average Bonchev–Trinajstić information content (AvgIpc) is 3.18. The lowest BCUT2D eigenvalue weighted by molar-refractivity contribution is 0.102. The van der Waals surface area contributed by atoms with E-state index in [1.165, 1.54) is 35.6 Å². The van der Waals surface area contributed by atoms with Gasteiger partial charge < -0.3 is 5.32 Å². The highest BCUT2D eigenvalue weighted by Crippen LogP contribution is 2.29. The van der Waals surface area contributed by atoms with Crippen molar-refractivity contribution in [2.45, 2.75) is 30.9 Å². The van der Waals surface area contributed by atoms with Gasteiger partial charge in [-0.2, -0.15) is 0 Å². The number of amides is 1. The number of benzene rings is 2. The number of nitrogens with zero attached hydrogens (tertiary/aromatic N) is 1. The summed E-state index contributed by atoms with van der Waals surface area (Å²) >= 11 is 0. The molecule has 1 fully saturated rings. The molecule has 26 heavy (non-hydrogen) atoms. The molecule has 1 N–H and O–H groups in total. The van der Waals surface area contributed by atoms with Gasteiger partial charge in [0, 0.05) is 18.3 Å². The van der Waals surface area contributed by atoms with Crippen molar-refractivity contribution < 1.29 is 17.6 Å². The highest BCUT2D eigenvalue weighted by atomic mass is 32.2. The van der Waals surface area contributed by atoms with Gasteiger partial charge in [-0.25, -0.2) is 12.8 Å². The molecule has 1 amide bonds. The lowest BCUT2D eigenvalue weighted by atomic mass is 10.2. The molecule has 1 saturated carbocycles. The van der Waals surface area contributed by atoms with Crippen LogP contribution in [-0.4, -0.2) is 26.6 Å². The molecule has 0 atom stereocenters. The highest BCUT2D eigenvalue weighted by molar-refractivity contribution is 7.93. The van der Waals surface area contributed by atoms with Gasteiger partial charge in [0.25, 0.3) is 5.91 Å². The third-order valence-corrected chi connectivity index (χ3v) is 6.97. The van der Waals surface area contributed by atoms with Crippen LogP contribution in [0.1, 0.15) is 36.0 Å². The first-order valence-electron chi connectivity index (χ1n) is 8.52. The summed E-state index contributed by atoms with van der Waals surface area (Å²) in [5, 5.41) is 2.31. The monoisotopic (exact) mass is 376 g/mol. The molecule has 2 aromatic rings. The third-order valence-electron chi connectivity index (χ3n) is 4.68. The molecule has 3 rings (SSSR count). The molecule has 0 unspecified atom stereocenters. The van der Waals surface area contributed by atoms with E-state index in [0.29, 0.717) is 29.8 Å². The van der Waals surface area contributed by atoms with Crippen molar-refractivity contribution >= 4 is 27.3 Å². The van der Waals surface area contributed by atoms with E-state index in [1.54, 1.807) is 24.3 Å². The fourth-order valence-corrected chi connectivity index (χ4v) is 4.92. The van der Waals surface area contributed by atoms with Crippen LogP contribution in [0, 0.1) is 5.82 Å². The van der Waals surface area contributed by atoms with Gasteiger partial charge in [-0.3, -0.25) is 9.10 Å². The largest absolute Gasteiger partial charge is 0.322 e.